The normalized spacial score (nSPS) is 10.9. The highest BCUT2D eigenvalue weighted by Gasteiger charge is 2.10. The summed E-state index contributed by atoms with van der Waals surface area (Å²) >= 11 is 1.34. The Bertz CT molecular complexity index is 1200. The lowest BCUT2D eigenvalue weighted by atomic mass is 10.1. The number of anilines is 1. The average molecular weight is 391 g/mol. The van der Waals surface area contributed by atoms with Gasteiger partial charge in [-0.3, -0.25) is 19.1 Å². The van der Waals surface area contributed by atoms with Crippen LogP contribution >= 0.6 is 11.3 Å². The molecule has 1 amide bonds. The molecule has 1 N–H and O–H groups in total. The van der Waals surface area contributed by atoms with E-state index in [1.165, 1.54) is 22.2 Å². The molecule has 140 valence electrons. The minimum atomic E-state index is -0.210. The van der Waals surface area contributed by atoms with Crippen LogP contribution in [0.3, 0.4) is 0 Å². The highest BCUT2D eigenvalue weighted by molar-refractivity contribution is 7.14. The van der Waals surface area contributed by atoms with E-state index in [9.17, 15) is 9.59 Å². The van der Waals surface area contributed by atoms with Gasteiger partial charge < -0.3 is 5.32 Å². The number of fused-ring (bicyclic) bond motifs is 1. The minimum Gasteiger partial charge on any atom is -0.302 e. The van der Waals surface area contributed by atoms with E-state index in [1.807, 2.05) is 42.6 Å². The van der Waals surface area contributed by atoms with Crippen molar-refractivity contribution in [3.05, 3.63) is 70.2 Å². The van der Waals surface area contributed by atoms with Crippen LogP contribution < -0.4 is 10.9 Å². The summed E-state index contributed by atoms with van der Waals surface area (Å²) in [7, 11) is 0. The molecule has 4 rings (SSSR count). The zero-order chi connectivity index (χ0) is 19.5. The first-order valence-electron chi connectivity index (χ1n) is 8.73. The number of carbonyl (C=O) groups is 1. The summed E-state index contributed by atoms with van der Waals surface area (Å²) in [5, 5.41) is 5.68. The second kappa shape index (κ2) is 7.69. The van der Waals surface area contributed by atoms with Crippen LogP contribution in [0.2, 0.25) is 0 Å². The van der Waals surface area contributed by atoms with E-state index in [1.54, 1.807) is 12.3 Å². The highest BCUT2D eigenvalue weighted by Crippen LogP contribution is 2.23. The van der Waals surface area contributed by atoms with E-state index in [-0.39, 0.29) is 24.4 Å². The van der Waals surface area contributed by atoms with Gasteiger partial charge in [0.1, 0.15) is 5.69 Å². The van der Waals surface area contributed by atoms with Crippen LogP contribution in [-0.2, 0) is 11.3 Å². The summed E-state index contributed by atoms with van der Waals surface area (Å²) < 4.78 is 1.46. The third-order valence-corrected chi connectivity index (χ3v) is 5.07. The summed E-state index contributed by atoms with van der Waals surface area (Å²) in [6.07, 6.45) is 3.34. The molecule has 0 bridgehead atoms. The average Bonchev–Trinajstić information content (AvgIpc) is 3.17. The molecule has 0 aliphatic rings. The lowest BCUT2D eigenvalue weighted by Crippen LogP contribution is -2.23. The molecule has 1 aromatic carbocycles. The zero-order valence-electron chi connectivity index (χ0n) is 15.1. The molecule has 3 aromatic heterocycles. The Morgan fingerprint density at radius 2 is 2.04 bits per heavy atom. The van der Waals surface area contributed by atoms with Crippen LogP contribution in [0.25, 0.3) is 22.3 Å². The second-order valence-electron chi connectivity index (χ2n) is 6.27. The molecule has 0 atom stereocenters. The van der Waals surface area contributed by atoms with Gasteiger partial charge in [0.05, 0.1) is 22.9 Å². The van der Waals surface area contributed by atoms with E-state index < -0.39 is 0 Å². The molecule has 0 aliphatic heterocycles. The van der Waals surface area contributed by atoms with Crippen molar-refractivity contribution in [2.24, 2.45) is 0 Å². The lowest BCUT2D eigenvalue weighted by Gasteiger charge is -2.07. The fourth-order valence-corrected chi connectivity index (χ4v) is 3.58. The van der Waals surface area contributed by atoms with Crippen molar-refractivity contribution in [2.45, 2.75) is 19.9 Å². The smallest absolute Gasteiger partial charge is 0.261 e. The number of nitrogens with one attached hydrogen (secondary N) is 1. The summed E-state index contributed by atoms with van der Waals surface area (Å²) in [4.78, 5) is 37.8. The van der Waals surface area contributed by atoms with Crippen molar-refractivity contribution in [2.75, 3.05) is 5.32 Å². The monoisotopic (exact) mass is 391 g/mol. The maximum absolute atomic E-state index is 12.6. The van der Waals surface area contributed by atoms with E-state index in [4.69, 9.17) is 0 Å². The number of benzene rings is 1. The molecular weight excluding hydrogens is 374 g/mol. The number of carbonyl (C=O) groups excluding carboxylic acids is 1. The number of aromatic nitrogens is 4. The van der Waals surface area contributed by atoms with Crippen molar-refractivity contribution in [3.8, 4) is 11.4 Å². The van der Waals surface area contributed by atoms with Crippen LogP contribution in [0.1, 0.15) is 12.0 Å². The Morgan fingerprint density at radius 1 is 1.14 bits per heavy atom. The number of nitrogens with zero attached hydrogens (tertiary/aromatic N) is 4. The van der Waals surface area contributed by atoms with Gasteiger partial charge in [0.15, 0.2) is 5.13 Å². The predicted octanol–water partition coefficient (Wildman–Crippen LogP) is 3.25. The molecule has 3 heterocycles. The summed E-state index contributed by atoms with van der Waals surface area (Å²) in [5.74, 6) is -0.210. The third kappa shape index (κ3) is 3.67. The standard InChI is InChI=1S/C20H17N5O2S/c1-13-5-4-6-14-18(13)22-12-25(19(14)27)10-8-17(26)24-20-23-16(11-28-20)15-7-2-3-9-21-15/h2-7,9,11-12H,8,10H2,1H3,(H,23,24,26). The molecular formula is C20H17N5O2S. The Hall–Kier alpha value is -3.39. The largest absolute Gasteiger partial charge is 0.302 e. The summed E-state index contributed by atoms with van der Waals surface area (Å²) in [6.45, 7) is 2.17. The van der Waals surface area contributed by atoms with Gasteiger partial charge in [-0.05, 0) is 30.7 Å². The Balaban J connectivity index is 1.43. The van der Waals surface area contributed by atoms with Gasteiger partial charge in [0.2, 0.25) is 5.91 Å². The topological polar surface area (TPSA) is 89.8 Å². The number of amides is 1. The first-order valence-corrected chi connectivity index (χ1v) is 9.61. The number of thiazole rings is 1. The van der Waals surface area contributed by atoms with Crippen molar-refractivity contribution in [3.63, 3.8) is 0 Å². The van der Waals surface area contributed by atoms with E-state index in [0.717, 1.165) is 11.3 Å². The Morgan fingerprint density at radius 3 is 2.86 bits per heavy atom. The number of rotatable bonds is 5. The Kier molecular flexibility index (Phi) is 4.94. The van der Waals surface area contributed by atoms with Crippen molar-refractivity contribution < 1.29 is 4.79 Å². The molecule has 8 heteroatoms. The highest BCUT2D eigenvalue weighted by atomic mass is 32.1. The number of aryl methyl sites for hydroxylation is 2. The second-order valence-corrected chi connectivity index (χ2v) is 7.12. The Labute approximate surface area is 164 Å². The number of pyridine rings is 1. The summed E-state index contributed by atoms with van der Waals surface area (Å²) in [6, 6.07) is 11.1. The quantitative estimate of drug-likeness (QED) is 0.564. The first-order chi connectivity index (χ1) is 13.6. The SMILES string of the molecule is Cc1cccc2c(=O)n(CCC(=O)Nc3nc(-c4ccccn4)cs3)cnc12. The zero-order valence-corrected chi connectivity index (χ0v) is 15.9. The number of hydrogen-bond donors (Lipinski definition) is 1. The van der Waals surface area contributed by atoms with Gasteiger partial charge in [-0.1, -0.05) is 18.2 Å². The van der Waals surface area contributed by atoms with Crippen LogP contribution in [0, 0.1) is 6.92 Å². The maximum Gasteiger partial charge on any atom is 0.261 e. The lowest BCUT2D eigenvalue weighted by molar-refractivity contribution is -0.116. The molecule has 0 radical (unpaired) electrons. The molecule has 0 saturated carbocycles. The van der Waals surface area contributed by atoms with Crippen LogP contribution in [-0.4, -0.2) is 25.4 Å². The number of hydrogen-bond acceptors (Lipinski definition) is 6. The fraction of sp³-hybridized carbons (Fsp3) is 0.150. The fourth-order valence-electron chi connectivity index (χ4n) is 2.86. The molecule has 0 unspecified atom stereocenters. The molecule has 0 fully saturated rings. The molecule has 28 heavy (non-hydrogen) atoms. The molecule has 7 nitrogen and oxygen atoms in total. The van der Waals surface area contributed by atoms with E-state index >= 15 is 0 Å². The maximum atomic E-state index is 12.6. The minimum absolute atomic E-state index is 0.145. The van der Waals surface area contributed by atoms with E-state index in [2.05, 4.69) is 20.3 Å². The van der Waals surface area contributed by atoms with E-state index in [0.29, 0.717) is 21.7 Å². The summed E-state index contributed by atoms with van der Waals surface area (Å²) in [5.41, 5.74) is 2.97. The van der Waals surface area contributed by atoms with Gasteiger partial charge in [-0.2, -0.15) is 0 Å². The van der Waals surface area contributed by atoms with Crippen molar-refractivity contribution in [1.29, 1.82) is 0 Å². The number of para-hydroxylation sites is 1. The molecule has 0 saturated heterocycles. The van der Waals surface area contributed by atoms with Gasteiger partial charge in [0.25, 0.3) is 5.56 Å². The molecule has 4 aromatic rings. The van der Waals surface area contributed by atoms with Gasteiger partial charge in [0, 0.05) is 24.5 Å². The van der Waals surface area contributed by atoms with Crippen LogP contribution in [0.4, 0.5) is 5.13 Å². The first kappa shape index (κ1) is 18.0. The van der Waals surface area contributed by atoms with Crippen molar-refractivity contribution >= 4 is 33.3 Å². The van der Waals surface area contributed by atoms with Gasteiger partial charge >= 0.3 is 0 Å². The van der Waals surface area contributed by atoms with Gasteiger partial charge in [-0.25, -0.2) is 9.97 Å². The van der Waals surface area contributed by atoms with Crippen molar-refractivity contribution in [1.82, 2.24) is 19.5 Å². The third-order valence-electron chi connectivity index (χ3n) is 4.31. The van der Waals surface area contributed by atoms with Crippen LogP contribution in [0.15, 0.2) is 59.1 Å². The van der Waals surface area contributed by atoms with Crippen LogP contribution in [0.5, 0.6) is 0 Å². The molecule has 0 spiro atoms. The van der Waals surface area contributed by atoms with Gasteiger partial charge in [-0.15, -0.1) is 11.3 Å². The predicted molar refractivity (Wildman–Crippen MR) is 109 cm³/mol. The molecule has 0 aliphatic carbocycles.